The van der Waals surface area contributed by atoms with E-state index in [1.54, 1.807) is 25.1 Å². The molecule has 1 aromatic rings. The van der Waals surface area contributed by atoms with Crippen molar-refractivity contribution in [2.24, 2.45) is 0 Å². The second-order valence-electron chi connectivity index (χ2n) is 2.79. The number of rotatable bonds is 3. The molecule has 0 amide bonds. The van der Waals surface area contributed by atoms with E-state index in [2.05, 4.69) is 4.74 Å². The number of hydrogen-bond donors (Lipinski definition) is 0. The Morgan fingerprint density at radius 1 is 1.20 bits per heavy atom. The topological polar surface area (TPSA) is 52.6 Å². The average molecular weight is 208 g/mol. The van der Waals surface area contributed by atoms with Crippen LogP contribution in [0.25, 0.3) is 0 Å². The molecule has 4 nitrogen and oxygen atoms in total. The molecule has 0 aliphatic rings. The molecule has 0 fully saturated rings. The average Bonchev–Trinajstić information content (AvgIpc) is 2.28. The van der Waals surface area contributed by atoms with Gasteiger partial charge in [-0.1, -0.05) is 6.07 Å². The van der Waals surface area contributed by atoms with Crippen molar-refractivity contribution in [1.29, 1.82) is 0 Å². The Morgan fingerprint density at radius 3 is 2.33 bits per heavy atom. The van der Waals surface area contributed by atoms with E-state index in [4.69, 9.17) is 4.74 Å². The summed E-state index contributed by atoms with van der Waals surface area (Å²) >= 11 is 0. The molecule has 15 heavy (non-hydrogen) atoms. The first-order chi connectivity index (χ1) is 7.19. The van der Waals surface area contributed by atoms with Crippen molar-refractivity contribution in [1.82, 2.24) is 0 Å². The highest BCUT2D eigenvalue weighted by atomic mass is 16.5. The maximum absolute atomic E-state index is 11.3. The molecule has 4 heteroatoms. The molecule has 0 heterocycles. The zero-order valence-corrected chi connectivity index (χ0v) is 8.65. The fraction of sp³-hybridized carbons (Fsp3) is 0.273. The molecule has 0 saturated carbocycles. The fourth-order valence-electron chi connectivity index (χ4n) is 1.11. The predicted molar refractivity (Wildman–Crippen MR) is 53.7 cm³/mol. The molecule has 0 radical (unpaired) electrons. The number of esters is 2. The molecule has 1 aromatic carbocycles. The monoisotopic (exact) mass is 208 g/mol. The Bertz CT molecular complexity index is 371. The summed E-state index contributed by atoms with van der Waals surface area (Å²) in [4.78, 5) is 22.5. The highest BCUT2D eigenvalue weighted by molar-refractivity contribution is 5.95. The standard InChI is InChI=1S/C11H12O4/c1-3-15-11(13)9-6-4-5-8(7-9)10(12)14-2/h4-7H,3H2,1-2H3. The molecular formula is C11H12O4. The first kappa shape index (κ1) is 11.2. The number of benzene rings is 1. The van der Waals surface area contributed by atoms with Gasteiger partial charge in [0.05, 0.1) is 24.8 Å². The molecule has 80 valence electrons. The number of carbonyl (C=O) groups is 2. The van der Waals surface area contributed by atoms with Crippen LogP contribution in [0.4, 0.5) is 0 Å². The Balaban J connectivity index is 2.92. The summed E-state index contributed by atoms with van der Waals surface area (Å²) in [5.74, 6) is -0.913. The van der Waals surface area contributed by atoms with Gasteiger partial charge in [-0.3, -0.25) is 0 Å². The maximum Gasteiger partial charge on any atom is 0.338 e. The van der Waals surface area contributed by atoms with E-state index in [1.165, 1.54) is 13.2 Å². The second-order valence-corrected chi connectivity index (χ2v) is 2.79. The Labute approximate surface area is 87.8 Å². The van der Waals surface area contributed by atoms with Crippen LogP contribution in [0.3, 0.4) is 0 Å². The van der Waals surface area contributed by atoms with Crippen LogP contribution in [-0.2, 0) is 9.47 Å². The van der Waals surface area contributed by atoms with E-state index in [-0.39, 0.29) is 0 Å². The molecule has 0 bridgehead atoms. The van der Waals surface area contributed by atoms with Crippen LogP contribution in [0.15, 0.2) is 24.3 Å². The van der Waals surface area contributed by atoms with Gasteiger partial charge in [0, 0.05) is 0 Å². The lowest BCUT2D eigenvalue weighted by Crippen LogP contribution is -2.07. The zero-order chi connectivity index (χ0) is 11.3. The molecule has 0 saturated heterocycles. The highest BCUT2D eigenvalue weighted by Crippen LogP contribution is 2.07. The Hall–Kier alpha value is -1.84. The lowest BCUT2D eigenvalue weighted by molar-refractivity contribution is 0.0526. The van der Waals surface area contributed by atoms with Gasteiger partial charge in [-0.15, -0.1) is 0 Å². The van der Waals surface area contributed by atoms with Crippen LogP contribution >= 0.6 is 0 Å². The van der Waals surface area contributed by atoms with Gasteiger partial charge < -0.3 is 9.47 Å². The highest BCUT2D eigenvalue weighted by Gasteiger charge is 2.10. The summed E-state index contributed by atoms with van der Waals surface area (Å²) in [5.41, 5.74) is 0.683. The van der Waals surface area contributed by atoms with E-state index >= 15 is 0 Å². The molecule has 0 aliphatic heterocycles. The van der Waals surface area contributed by atoms with E-state index in [1.807, 2.05) is 0 Å². The van der Waals surface area contributed by atoms with E-state index in [9.17, 15) is 9.59 Å². The molecule has 0 unspecified atom stereocenters. The third-order valence-corrected chi connectivity index (χ3v) is 1.79. The minimum atomic E-state index is -0.471. The van der Waals surface area contributed by atoms with Crippen LogP contribution in [-0.4, -0.2) is 25.7 Å². The largest absolute Gasteiger partial charge is 0.465 e. The number of hydrogen-bond acceptors (Lipinski definition) is 4. The smallest absolute Gasteiger partial charge is 0.338 e. The molecule has 0 aliphatic carbocycles. The molecular weight excluding hydrogens is 196 g/mol. The normalized spacial score (nSPS) is 9.47. The van der Waals surface area contributed by atoms with Crippen LogP contribution in [0.2, 0.25) is 0 Å². The first-order valence-corrected chi connectivity index (χ1v) is 4.54. The van der Waals surface area contributed by atoms with Gasteiger partial charge in [-0.25, -0.2) is 9.59 Å². The number of ether oxygens (including phenoxy) is 2. The fourth-order valence-corrected chi connectivity index (χ4v) is 1.11. The lowest BCUT2D eigenvalue weighted by atomic mass is 10.1. The van der Waals surface area contributed by atoms with Gasteiger partial charge in [0.15, 0.2) is 0 Å². The van der Waals surface area contributed by atoms with Crippen molar-refractivity contribution < 1.29 is 19.1 Å². The first-order valence-electron chi connectivity index (χ1n) is 4.54. The summed E-state index contributed by atoms with van der Waals surface area (Å²) in [6.07, 6.45) is 0. The van der Waals surface area contributed by atoms with Crippen molar-refractivity contribution in [3.8, 4) is 0 Å². The third kappa shape index (κ3) is 2.80. The summed E-state index contributed by atoms with van der Waals surface area (Å²) in [6.45, 7) is 2.03. The van der Waals surface area contributed by atoms with E-state index in [0.29, 0.717) is 17.7 Å². The van der Waals surface area contributed by atoms with Gasteiger partial charge >= 0.3 is 11.9 Å². The van der Waals surface area contributed by atoms with Gasteiger partial charge in [-0.05, 0) is 25.1 Å². The second kappa shape index (κ2) is 5.14. The van der Waals surface area contributed by atoms with Gasteiger partial charge in [0.25, 0.3) is 0 Å². The van der Waals surface area contributed by atoms with Gasteiger partial charge in [0.2, 0.25) is 0 Å². The lowest BCUT2D eigenvalue weighted by Gasteiger charge is -2.03. The van der Waals surface area contributed by atoms with Gasteiger partial charge in [-0.2, -0.15) is 0 Å². The summed E-state index contributed by atoms with van der Waals surface area (Å²) in [5, 5.41) is 0. The van der Waals surface area contributed by atoms with Crippen LogP contribution in [0.5, 0.6) is 0 Å². The Morgan fingerprint density at radius 2 is 1.80 bits per heavy atom. The molecule has 0 aromatic heterocycles. The van der Waals surface area contributed by atoms with Crippen molar-refractivity contribution >= 4 is 11.9 Å². The van der Waals surface area contributed by atoms with Crippen molar-refractivity contribution in [2.75, 3.05) is 13.7 Å². The quantitative estimate of drug-likeness (QED) is 0.709. The number of methoxy groups -OCH3 is 1. The summed E-state index contributed by atoms with van der Waals surface area (Å²) in [6, 6.07) is 6.22. The summed E-state index contributed by atoms with van der Waals surface area (Å²) < 4.78 is 9.35. The van der Waals surface area contributed by atoms with Crippen molar-refractivity contribution in [2.45, 2.75) is 6.92 Å². The zero-order valence-electron chi connectivity index (χ0n) is 8.65. The molecule has 0 N–H and O–H groups in total. The minimum absolute atomic E-state index is 0.307. The maximum atomic E-state index is 11.3. The van der Waals surface area contributed by atoms with Crippen LogP contribution in [0, 0.1) is 0 Å². The third-order valence-electron chi connectivity index (χ3n) is 1.79. The molecule has 0 atom stereocenters. The number of carbonyl (C=O) groups excluding carboxylic acids is 2. The SMILES string of the molecule is CCOC(=O)c1cccc(C(=O)OC)c1. The van der Waals surface area contributed by atoms with Crippen molar-refractivity contribution in [3.63, 3.8) is 0 Å². The molecule has 0 spiro atoms. The predicted octanol–water partition coefficient (Wildman–Crippen LogP) is 1.65. The van der Waals surface area contributed by atoms with Gasteiger partial charge in [0.1, 0.15) is 0 Å². The van der Waals surface area contributed by atoms with Crippen molar-refractivity contribution in [3.05, 3.63) is 35.4 Å². The minimum Gasteiger partial charge on any atom is -0.465 e. The van der Waals surface area contributed by atoms with E-state index in [0.717, 1.165) is 0 Å². The summed E-state index contributed by atoms with van der Waals surface area (Å²) in [7, 11) is 1.29. The van der Waals surface area contributed by atoms with E-state index < -0.39 is 11.9 Å². The Kier molecular flexibility index (Phi) is 3.85. The van der Waals surface area contributed by atoms with Crippen LogP contribution < -0.4 is 0 Å². The molecule has 1 rings (SSSR count). The van der Waals surface area contributed by atoms with Crippen LogP contribution in [0.1, 0.15) is 27.6 Å².